The number of hydrogen-bond donors (Lipinski definition) is 2. The van der Waals surface area contributed by atoms with E-state index >= 15 is 0 Å². The Kier molecular flexibility index (Phi) is 4.58. The summed E-state index contributed by atoms with van der Waals surface area (Å²) >= 11 is 0. The van der Waals surface area contributed by atoms with Crippen molar-refractivity contribution in [2.75, 3.05) is 11.9 Å². The monoisotopic (exact) mass is 384 g/mol. The Morgan fingerprint density at radius 1 is 1.18 bits per heavy atom. The summed E-state index contributed by atoms with van der Waals surface area (Å²) in [4.78, 5) is 9.36. The van der Waals surface area contributed by atoms with Gasteiger partial charge in [-0.15, -0.1) is 0 Å². The second-order valence-electron chi connectivity index (χ2n) is 7.16. The Labute approximate surface area is 162 Å². The number of nitrogens with one attached hydrogen (secondary N) is 2. The summed E-state index contributed by atoms with van der Waals surface area (Å²) in [6, 6.07) is 8.21. The molecule has 0 radical (unpaired) electrons. The molecular formula is C20H22F2N6. The molecule has 3 aromatic rings. The number of rotatable bonds is 4. The molecule has 0 aliphatic carbocycles. The summed E-state index contributed by atoms with van der Waals surface area (Å²) < 4.78 is 29.1. The molecule has 0 bridgehead atoms. The fourth-order valence-electron chi connectivity index (χ4n) is 3.38. The van der Waals surface area contributed by atoms with Crippen LogP contribution in [0.15, 0.2) is 30.3 Å². The van der Waals surface area contributed by atoms with E-state index in [-0.39, 0.29) is 5.56 Å². The molecule has 3 heterocycles. The van der Waals surface area contributed by atoms with Crippen molar-refractivity contribution in [3.8, 4) is 5.95 Å². The Morgan fingerprint density at radius 3 is 2.71 bits per heavy atom. The lowest BCUT2D eigenvalue weighted by Crippen LogP contribution is -2.27. The summed E-state index contributed by atoms with van der Waals surface area (Å²) in [7, 11) is 0. The van der Waals surface area contributed by atoms with Gasteiger partial charge >= 0.3 is 0 Å². The summed E-state index contributed by atoms with van der Waals surface area (Å²) in [5.41, 5.74) is 4.23. The van der Waals surface area contributed by atoms with E-state index in [9.17, 15) is 8.78 Å². The average Bonchev–Trinajstić information content (AvgIpc) is 2.99. The summed E-state index contributed by atoms with van der Waals surface area (Å²) in [5.74, 6) is -1.81. The van der Waals surface area contributed by atoms with Crippen molar-refractivity contribution in [2.45, 2.75) is 39.7 Å². The average molecular weight is 384 g/mol. The maximum Gasteiger partial charge on any atom is 0.270 e. The zero-order valence-electron chi connectivity index (χ0n) is 16.1. The van der Waals surface area contributed by atoms with E-state index in [1.54, 1.807) is 16.8 Å². The van der Waals surface area contributed by atoms with Crippen LogP contribution in [0.3, 0.4) is 0 Å². The van der Waals surface area contributed by atoms with Crippen molar-refractivity contribution in [2.24, 2.45) is 0 Å². The molecule has 0 fully saturated rings. The molecule has 0 unspecified atom stereocenters. The molecule has 6 nitrogen and oxygen atoms in total. The minimum atomic E-state index is -2.90. The zero-order chi connectivity index (χ0) is 19.9. The third kappa shape index (κ3) is 3.60. The highest BCUT2D eigenvalue weighted by atomic mass is 19.3. The van der Waals surface area contributed by atoms with Crippen LogP contribution in [0.4, 0.5) is 20.3 Å². The van der Waals surface area contributed by atoms with E-state index in [4.69, 9.17) is 0 Å². The number of aryl methyl sites for hydroxylation is 2. The van der Waals surface area contributed by atoms with E-state index in [2.05, 4.69) is 25.7 Å². The van der Waals surface area contributed by atoms with E-state index in [1.165, 1.54) is 12.1 Å². The number of halogens is 2. The number of hydrogen-bond acceptors (Lipinski definition) is 5. The van der Waals surface area contributed by atoms with Gasteiger partial charge in [0.25, 0.3) is 11.9 Å². The van der Waals surface area contributed by atoms with Gasteiger partial charge in [0.2, 0.25) is 0 Å². The fourth-order valence-corrected chi connectivity index (χ4v) is 3.38. The van der Waals surface area contributed by atoms with Crippen molar-refractivity contribution >= 4 is 11.5 Å². The molecule has 0 saturated heterocycles. The number of nitrogens with zero attached hydrogens (tertiary/aromatic N) is 4. The molecule has 0 atom stereocenters. The molecule has 0 saturated carbocycles. The molecular weight excluding hydrogens is 362 g/mol. The zero-order valence-corrected chi connectivity index (χ0v) is 16.1. The largest absolute Gasteiger partial charge is 0.340 e. The molecule has 1 aliphatic rings. The Morgan fingerprint density at radius 2 is 2.00 bits per heavy atom. The topological polar surface area (TPSA) is 67.7 Å². The first-order valence-electron chi connectivity index (χ1n) is 9.21. The van der Waals surface area contributed by atoms with Crippen LogP contribution in [-0.2, 0) is 18.9 Å². The predicted molar refractivity (Wildman–Crippen MR) is 103 cm³/mol. The van der Waals surface area contributed by atoms with Crippen LogP contribution in [0, 0.1) is 13.8 Å². The Hall–Kier alpha value is -2.87. The smallest absolute Gasteiger partial charge is 0.270 e. The molecule has 0 amide bonds. The number of alkyl halides is 2. The molecule has 2 N–H and O–H groups in total. The van der Waals surface area contributed by atoms with Gasteiger partial charge < -0.3 is 10.6 Å². The third-order valence-corrected chi connectivity index (χ3v) is 4.76. The van der Waals surface area contributed by atoms with Gasteiger partial charge in [0.15, 0.2) is 0 Å². The van der Waals surface area contributed by atoms with Gasteiger partial charge in [-0.2, -0.15) is 10.1 Å². The van der Waals surface area contributed by atoms with Gasteiger partial charge in [-0.3, -0.25) is 0 Å². The van der Waals surface area contributed by atoms with E-state index in [0.29, 0.717) is 24.0 Å². The van der Waals surface area contributed by atoms with Crippen molar-refractivity contribution in [1.82, 2.24) is 25.1 Å². The van der Waals surface area contributed by atoms with Crippen LogP contribution in [0.2, 0.25) is 0 Å². The molecule has 2 aromatic heterocycles. The molecule has 28 heavy (non-hydrogen) atoms. The lowest BCUT2D eigenvalue weighted by molar-refractivity contribution is 0.0175. The van der Waals surface area contributed by atoms with Crippen LogP contribution in [0.25, 0.3) is 5.95 Å². The maximum absolute atomic E-state index is 13.7. The summed E-state index contributed by atoms with van der Waals surface area (Å²) in [6.07, 6.45) is 0.763. The molecule has 4 rings (SSSR count). The molecule has 0 spiro atoms. The highest BCUT2D eigenvalue weighted by Gasteiger charge is 2.25. The number of aromatic nitrogens is 4. The van der Waals surface area contributed by atoms with E-state index < -0.39 is 5.92 Å². The van der Waals surface area contributed by atoms with Crippen molar-refractivity contribution in [3.63, 3.8) is 0 Å². The van der Waals surface area contributed by atoms with Crippen LogP contribution < -0.4 is 10.6 Å². The third-order valence-electron chi connectivity index (χ3n) is 4.76. The van der Waals surface area contributed by atoms with Gasteiger partial charge in [-0.05, 0) is 45.0 Å². The lowest BCUT2D eigenvalue weighted by Gasteiger charge is -2.21. The normalized spacial score (nSPS) is 14.0. The Balaban J connectivity index is 1.78. The van der Waals surface area contributed by atoms with Crippen LogP contribution in [0.5, 0.6) is 0 Å². The molecule has 146 valence electrons. The quantitative estimate of drug-likeness (QED) is 0.717. The highest BCUT2D eigenvalue weighted by Crippen LogP contribution is 2.31. The van der Waals surface area contributed by atoms with Crippen LogP contribution >= 0.6 is 0 Å². The molecule has 8 heteroatoms. The predicted octanol–water partition coefficient (Wildman–Crippen LogP) is 3.78. The SMILES string of the molecule is Cc1cc(C)n(-c2nc3c(c(Nc4cccc(C(C)(F)F)c4)n2)CCNC3)n1. The lowest BCUT2D eigenvalue weighted by atomic mass is 10.1. The standard InChI is InChI=1S/C20H22F2N6/c1-12-9-13(2)28(27-12)19-25-17-11-23-8-7-16(17)18(26-19)24-15-6-4-5-14(10-15)20(3,21)22/h4-6,9-10,23H,7-8,11H2,1-3H3,(H,24,25,26). The maximum atomic E-state index is 13.7. The van der Waals surface area contributed by atoms with Crippen molar-refractivity contribution in [3.05, 3.63) is 58.5 Å². The van der Waals surface area contributed by atoms with E-state index in [0.717, 1.165) is 42.5 Å². The summed E-state index contributed by atoms with van der Waals surface area (Å²) in [5, 5.41) is 11.0. The minimum Gasteiger partial charge on any atom is -0.340 e. The van der Waals surface area contributed by atoms with Gasteiger partial charge in [0.1, 0.15) is 5.82 Å². The Bertz CT molecular complexity index is 1020. The van der Waals surface area contributed by atoms with Crippen molar-refractivity contribution in [1.29, 1.82) is 0 Å². The van der Waals surface area contributed by atoms with Gasteiger partial charge in [-0.25, -0.2) is 18.4 Å². The first kappa shape index (κ1) is 18.5. The van der Waals surface area contributed by atoms with Gasteiger partial charge in [-0.1, -0.05) is 12.1 Å². The second kappa shape index (κ2) is 6.94. The molecule has 1 aromatic carbocycles. The van der Waals surface area contributed by atoms with Crippen molar-refractivity contribution < 1.29 is 8.78 Å². The van der Waals surface area contributed by atoms with E-state index in [1.807, 2.05) is 19.9 Å². The van der Waals surface area contributed by atoms with Gasteiger partial charge in [0.05, 0.1) is 11.4 Å². The van der Waals surface area contributed by atoms with Crippen LogP contribution in [-0.4, -0.2) is 26.3 Å². The minimum absolute atomic E-state index is 0.0409. The van der Waals surface area contributed by atoms with Gasteiger partial charge in [0, 0.05) is 36.0 Å². The molecule has 1 aliphatic heterocycles. The number of anilines is 2. The fraction of sp³-hybridized carbons (Fsp3) is 0.350. The summed E-state index contributed by atoms with van der Waals surface area (Å²) in [6.45, 7) is 6.20. The first-order chi connectivity index (χ1) is 13.3. The first-order valence-corrected chi connectivity index (χ1v) is 9.21. The second-order valence-corrected chi connectivity index (χ2v) is 7.16. The highest BCUT2D eigenvalue weighted by molar-refractivity contribution is 5.62. The number of benzene rings is 1. The van der Waals surface area contributed by atoms with Crippen LogP contribution in [0.1, 0.15) is 35.1 Å². The number of fused-ring (bicyclic) bond motifs is 1.